The maximum absolute atomic E-state index is 12.5. The van der Waals surface area contributed by atoms with E-state index in [1.807, 2.05) is 4.90 Å². The monoisotopic (exact) mass is 340 g/mol. The Hall–Kier alpha value is -1.43. The zero-order valence-corrected chi connectivity index (χ0v) is 13.1. The van der Waals surface area contributed by atoms with E-state index in [4.69, 9.17) is 0 Å². The second kappa shape index (κ2) is 5.91. The summed E-state index contributed by atoms with van der Waals surface area (Å²) in [5, 5.41) is 10.9. The highest BCUT2D eigenvalue weighted by Gasteiger charge is 2.32. The molecule has 5 nitrogen and oxygen atoms in total. The minimum Gasteiger partial charge on any atom is -0.335 e. The Kier molecular flexibility index (Phi) is 4.42. The number of carbonyl (C=O) groups is 1. The standard InChI is InChI=1S/C14H17BrN2O3/c1-9(2)12-4-3-7-16(12)14(18)10-5-6-11(15)13(8-10)17(19)20/h5-6,8-9,12H,3-4,7H2,1-2H3. The van der Waals surface area contributed by atoms with Crippen LogP contribution in [-0.4, -0.2) is 28.3 Å². The van der Waals surface area contributed by atoms with Crippen LogP contribution >= 0.6 is 15.9 Å². The third kappa shape index (κ3) is 2.85. The first-order valence-electron chi connectivity index (χ1n) is 6.66. The Balaban J connectivity index is 2.29. The SMILES string of the molecule is CC(C)C1CCCN1C(=O)c1ccc(Br)c([N+](=O)[O-])c1. The summed E-state index contributed by atoms with van der Waals surface area (Å²) < 4.78 is 0.390. The molecule has 0 spiro atoms. The predicted molar refractivity (Wildman–Crippen MR) is 79.7 cm³/mol. The average molecular weight is 341 g/mol. The van der Waals surface area contributed by atoms with Crippen LogP contribution in [0.15, 0.2) is 22.7 Å². The van der Waals surface area contributed by atoms with Crippen molar-refractivity contribution < 1.29 is 9.72 Å². The molecule has 1 aromatic carbocycles. The van der Waals surface area contributed by atoms with E-state index < -0.39 is 4.92 Å². The normalized spacial score (nSPS) is 18.6. The number of hydrogen-bond donors (Lipinski definition) is 0. The van der Waals surface area contributed by atoms with E-state index in [0.717, 1.165) is 19.4 Å². The van der Waals surface area contributed by atoms with E-state index in [2.05, 4.69) is 29.8 Å². The van der Waals surface area contributed by atoms with Gasteiger partial charge in [0.25, 0.3) is 11.6 Å². The van der Waals surface area contributed by atoms with Crippen LogP contribution in [0.4, 0.5) is 5.69 Å². The number of likely N-dealkylation sites (tertiary alicyclic amines) is 1. The molecule has 1 aliphatic rings. The third-order valence-electron chi connectivity index (χ3n) is 3.72. The summed E-state index contributed by atoms with van der Waals surface area (Å²) in [6, 6.07) is 4.77. The molecule has 0 bridgehead atoms. The summed E-state index contributed by atoms with van der Waals surface area (Å²) in [4.78, 5) is 24.8. The molecule has 0 aliphatic carbocycles. The van der Waals surface area contributed by atoms with Crippen molar-refractivity contribution in [3.8, 4) is 0 Å². The van der Waals surface area contributed by atoms with Crippen molar-refractivity contribution in [3.05, 3.63) is 38.3 Å². The molecule has 1 unspecified atom stereocenters. The van der Waals surface area contributed by atoms with Crippen LogP contribution in [0.3, 0.4) is 0 Å². The number of amides is 1. The molecule has 1 aromatic rings. The lowest BCUT2D eigenvalue weighted by Gasteiger charge is -2.27. The van der Waals surface area contributed by atoms with Crippen LogP contribution < -0.4 is 0 Å². The summed E-state index contributed by atoms with van der Waals surface area (Å²) >= 11 is 3.13. The van der Waals surface area contributed by atoms with Gasteiger partial charge in [-0.3, -0.25) is 14.9 Å². The first kappa shape index (κ1) is 15.0. The Bertz CT molecular complexity index is 545. The zero-order chi connectivity index (χ0) is 14.9. The van der Waals surface area contributed by atoms with Crippen molar-refractivity contribution in [1.82, 2.24) is 4.90 Å². The van der Waals surface area contributed by atoms with Gasteiger partial charge in [0.15, 0.2) is 0 Å². The van der Waals surface area contributed by atoms with Gasteiger partial charge in [-0.1, -0.05) is 13.8 Å². The van der Waals surface area contributed by atoms with E-state index >= 15 is 0 Å². The summed E-state index contributed by atoms with van der Waals surface area (Å²) in [5.41, 5.74) is 0.309. The molecule has 1 fully saturated rings. The van der Waals surface area contributed by atoms with Crippen LogP contribution in [0.2, 0.25) is 0 Å². The molecule has 1 saturated heterocycles. The van der Waals surface area contributed by atoms with E-state index in [1.165, 1.54) is 6.07 Å². The highest BCUT2D eigenvalue weighted by molar-refractivity contribution is 9.10. The Labute approximate surface area is 126 Å². The Morgan fingerprint density at radius 3 is 2.80 bits per heavy atom. The third-order valence-corrected chi connectivity index (χ3v) is 4.39. The zero-order valence-electron chi connectivity index (χ0n) is 11.5. The van der Waals surface area contributed by atoms with Crippen molar-refractivity contribution in [3.63, 3.8) is 0 Å². The topological polar surface area (TPSA) is 63.5 Å². The van der Waals surface area contributed by atoms with Crippen molar-refractivity contribution in [2.75, 3.05) is 6.54 Å². The Morgan fingerprint density at radius 2 is 2.20 bits per heavy atom. The fourth-order valence-electron chi connectivity index (χ4n) is 2.69. The molecule has 108 valence electrons. The molecule has 1 atom stereocenters. The number of carbonyl (C=O) groups excluding carboxylic acids is 1. The van der Waals surface area contributed by atoms with Gasteiger partial charge in [-0.15, -0.1) is 0 Å². The van der Waals surface area contributed by atoms with E-state index in [0.29, 0.717) is 16.0 Å². The molecule has 2 rings (SSSR count). The summed E-state index contributed by atoms with van der Waals surface area (Å²) in [6.45, 7) is 4.92. The van der Waals surface area contributed by atoms with E-state index in [-0.39, 0.29) is 17.6 Å². The molecule has 6 heteroatoms. The number of hydrogen-bond acceptors (Lipinski definition) is 3. The van der Waals surface area contributed by atoms with E-state index in [1.54, 1.807) is 12.1 Å². The molecule has 20 heavy (non-hydrogen) atoms. The predicted octanol–water partition coefficient (Wildman–Crippen LogP) is 3.62. The van der Waals surface area contributed by atoms with Gasteiger partial charge in [-0.25, -0.2) is 0 Å². The van der Waals surface area contributed by atoms with Gasteiger partial charge in [0.1, 0.15) is 0 Å². The van der Waals surface area contributed by atoms with Crippen molar-refractivity contribution in [1.29, 1.82) is 0 Å². The minimum atomic E-state index is -0.481. The summed E-state index contributed by atoms with van der Waals surface area (Å²) in [6.07, 6.45) is 2.00. The number of rotatable bonds is 3. The fourth-order valence-corrected chi connectivity index (χ4v) is 3.08. The van der Waals surface area contributed by atoms with Crippen LogP contribution in [0.25, 0.3) is 0 Å². The molecule has 0 radical (unpaired) electrons. The smallest absolute Gasteiger partial charge is 0.284 e. The van der Waals surface area contributed by atoms with Gasteiger partial charge in [-0.05, 0) is 46.8 Å². The Morgan fingerprint density at radius 1 is 1.50 bits per heavy atom. The molecule has 1 amide bonds. The largest absolute Gasteiger partial charge is 0.335 e. The quantitative estimate of drug-likeness (QED) is 0.623. The van der Waals surface area contributed by atoms with Crippen LogP contribution in [0, 0.1) is 16.0 Å². The lowest BCUT2D eigenvalue weighted by Crippen LogP contribution is -2.38. The lowest BCUT2D eigenvalue weighted by atomic mass is 10.0. The average Bonchev–Trinajstić information content (AvgIpc) is 2.87. The first-order valence-corrected chi connectivity index (χ1v) is 7.46. The minimum absolute atomic E-state index is 0.0730. The second-order valence-corrected chi connectivity index (χ2v) is 6.23. The number of benzene rings is 1. The summed E-state index contributed by atoms with van der Waals surface area (Å²) in [7, 11) is 0. The molecule has 0 aromatic heterocycles. The van der Waals surface area contributed by atoms with Crippen LogP contribution in [0.1, 0.15) is 37.0 Å². The highest BCUT2D eigenvalue weighted by Crippen LogP contribution is 2.29. The molecular formula is C14H17BrN2O3. The summed E-state index contributed by atoms with van der Waals surface area (Å²) in [5.74, 6) is 0.281. The van der Waals surface area contributed by atoms with Crippen molar-refractivity contribution in [2.45, 2.75) is 32.7 Å². The molecule has 0 N–H and O–H groups in total. The molecule has 0 saturated carbocycles. The number of nitro groups is 1. The van der Waals surface area contributed by atoms with Gasteiger partial charge in [0.05, 0.1) is 9.40 Å². The number of halogens is 1. The van der Waals surface area contributed by atoms with Gasteiger partial charge in [0, 0.05) is 24.2 Å². The lowest BCUT2D eigenvalue weighted by molar-refractivity contribution is -0.385. The van der Waals surface area contributed by atoms with Crippen LogP contribution in [-0.2, 0) is 0 Å². The van der Waals surface area contributed by atoms with Crippen molar-refractivity contribution in [2.24, 2.45) is 5.92 Å². The number of nitro benzene ring substituents is 1. The fraction of sp³-hybridized carbons (Fsp3) is 0.500. The molecular weight excluding hydrogens is 324 g/mol. The maximum atomic E-state index is 12.5. The highest BCUT2D eigenvalue weighted by atomic mass is 79.9. The molecule has 1 aliphatic heterocycles. The molecule has 1 heterocycles. The first-order chi connectivity index (χ1) is 9.41. The van der Waals surface area contributed by atoms with Gasteiger partial charge < -0.3 is 4.90 Å². The van der Waals surface area contributed by atoms with Gasteiger partial charge >= 0.3 is 0 Å². The maximum Gasteiger partial charge on any atom is 0.284 e. The van der Waals surface area contributed by atoms with Gasteiger partial charge in [0.2, 0.25) is 0 Å². The van der Waals surface area contributed by atoms with E-state index in [9.17, 15) is 14.9 Å². The van der Waals surface area contributed by atoms with Crippen LogP contribution in [0.5, 0.6) is 0 Å². The number of nitrogens with zero attached hydrogens (tertiary/aromatic N) is 2. The second-order valence-electron chi connectivity index (χ2n) is 5.38. The van der Waals surface area contributed by atoms with Gasteiger partial charge in [-0.2, -0.15) is 0 Å². The van der Waals surface area contributed by atoms with Crippen molar-refractivity contribution >= 4 is 27.5 Å².